The molecule has 0 aromatic heterocycles. The first-order chi connectivity index (χ1) is 13.2. The van der Waals surface area contributed by atoms with Crippen molar-refractivity contribution >= 4 is 99.8 Å². The van der Waals surface area contributed by atoms with Gasteiger partial charge < -0.3 is 44.7 Å². The van der Waals surface area contributed by atoms with Crippen LogP contribution in [0.2, 0.25) is 0 Å². The summed E-state index contributed by atoms with van der Waals surface area (Å²) in [7, 11) is -12.3. The average molecular weight is 555 g/mol. The first kappa shape index (κ1) is 42.9. The summed E-state index contributed by atoms with van der Waals surface area (Å²) in [5.74, 6) is -3.43. The van der Waals surface area contributed by atoms with E-state index in [2.05, 4.69) is 16.0 Å². The third kappa shape index (κ3) is 57.5. The van der Waals surface area contributed by atoms with Gasteiger partial charge in [0.15, 0.2) is 0 Å². The summed E-state index contributed by atoms with van der Waals surface area (Å²) in [5.41, 5.74) is 0. The molecule has 32 heavy (non-hydrogen) atoms. The Kier molecular flexibility index (Phi) is 29.8. The Balaban J connectivity index is -0.000000110. The van der Waals surface area contributed by atoms with E-state index in [4.69, 9.17) is 44.7 Å². The second-order valence-electron chi connectivity index (χ2n) is 4.93. The zero-order valence-electron chi connectivity index (χ0n) is 15.1. The summed E-state index contributed by atoms with van der Waals surface area (Å²) in [6.45, 7) is -1.32. The van der Waals surface area contributed by atoms with Gasteiger partial charge in [-0.15, -0.1) is 0 Å². The van der Waals surface area contributed by atoms with Crippen LogP contribution in [0, 0.1) is 0 Å². The van der Waals surface area contributed by atoms with Crippen LogP contribution in [0.25, 0.3) is 0 Å². The van der Waals surface area contributed by atoms with E-state index in [1.165, 1.54) is 0 Å². The van der Waals surface area contributed by atoms with Gasteiger partial charge in [-0.05, 0) is 0 Å². The van der Waals surface area contributed by atoms with Crippen LogP contribution in [-0.2, 0) is 28.1 Å². The summed E-state index contributed by atoms with van der Waals surface area (Å²) >= 11 is 0. The molecule has 0 aromatic rings. The van der Waals surface area contributed by atoms with E-state index in [-0.39, 0.29) is 59.1 Å². The average Bonchev–Trinajstić information content (AvgIpc) is 2.42. The predicted molar refractivity (Wildman–Crippen MR) is 112 cm³/mol. The molecule has 0 spiro atoms. The number of carboxylic acids is 3. The SMILES string of the molecule is O=C(O)CNCP(=O)(O)O.O=C(O)CNCP(=O)(O)O.O=C(O)CNCP(=O)(O)O.[NaH].[NaH]. The van der Waals surface area contributed by atoms with Crippen molar-refractivity contribution in [3.05, 3.63) is 0 Å². The molecule has 0 saturated carbocycles. The monoisotopic (exact) mass is 555 g/mol. The van der Waals surface area contributed by atoms with Gasteiger partial charge in [0.05, 0.1) is 38.5 Å². The molecule has 0 rings (SSSR count). The topological polar surface area (TPSA) is 321 Å². The van der Waals surface area contributed by atoms with Crippen LogP contribution in [-0.4, -0.2) is 160 Å². The van der Waals surface area contributed by atoms with Crippen molar-refractivity contribution in [2.24, 2.45) is 0 Å². The quantitative estimate of drug-likeness (QED) is 0.0792. The van der Waals surface area contributed by atoms with Gasteiger partial charge in [-0.1, -0.05) is 0 Å². The molecule has 23 heteroatoms. The van der Waals surface area contributed by atoms with Gasteiger partial charge in [0, 0.05) is 0 Å². The van der Waals surface area contributed by atoms with Crippen molar-refractivity contribution in [2.45, 2.75) is 0 Å². The third-order valence-electron chi connectivity index (χ3n) is 1.78. The molecule has 0 aliphatic rings. The molecule has 0 saturated heterocycles. The van der Waals surface area contributed by atoms with Crippen LogP contribution < -0.4 is 16.0 Å². The van der Waals surface area contributed by atoms with Crippen molar-refractivity contribution in [2.75, 3.05) is 38.5 Å². The van der Waals surface area contributed by atoms with E-state index in [1.54, 1.807) is 0 Å². The van der Waals surface area contributed by atoms with Gasteiger partial charge in [0.1, 0.15) is 0 Å². The van der Waals surface area contributed by atoms with Crippen molar-refractivity contribution in [1.29, 1.82) is 0 Å². The predicted octanol–water partition coefficient (Wildman–Crippen LogP) is -4.91. The summed E-state index contributed by atoms with van der Waals surface area (Å²) in [4.78, 5) is 78.4. The van der Waals surface area contributed by atoms with E-state index >= 15 is 0 Å². The van der Waals surface area contributed by atoms with Crippen molar-refractivity contribution in [3.63, 3.8) is 0 Å². The van der Waals surface area contributed by atoms with Gasteiger partial charge >= 0.3 is 99.8 Å². The van der Waals surface area contributed by atoms with E-state index in [0.717, 1.165) is 0 Å². The Labute approximate surface area is 225 Å². The summed E-state index contributed by atoms with van der Waals surface area (Å²) in [5, 5.41) is 30.2. The molecule has 0 aliphatic heterocycles. The molecular weight excluding hydrogens is 529 g/mol. The van der Waals surface area contributed by atoms with Crippen molar-refractivity contribution in [1.82, 2.24) is 16.0 Å². The summed E-state index contributed by atoms with van der Waals surface area (Å²) < 4.78 is 30.2. The van der Waals surface area contributed by atoms with Gasteiger partial charge in [-0.2, -0.15) is 0 Å². The summed E-state index contributed by atoms with van der Waals surface area (Å²) in [6, 6.07) is 0. The first-order valence-electron chi connectivity index (χ1n) is 7.16. The molecule has 184 valence electrons. The van der Waals surface area contributed by atoms with Gasteiger partial charge in [0.25, 0.3) is 0 Å². The number of carbonyl (C=O) groups is 3. The maximum absolute atomic E-state index is 10.1. The normalized spacial score (nSPS) is 10.7. The minimum absolute atomic E-state index is 0. The van der Waals surface area contributed by atoms with E-state index in [9.17, 15) is 28.1 Å². The second-order valence-corrected chi connectivity index (χ2v) is 9.87. The van der Waals surface area contributed by atoms with Gasteiger partial charge in [0.2, 0.25) is 0 Å². The molecule has 18 nitrogen and oxygen atoms in total. The number of hydrogen-bond acceptors (Lipinski definition) is 9. The first-order valence-corrected chi connectivity index (χ1v) is 12.6. The van der Waals surface area contributed by atoms with Crippen LogP contribution in [0.5, 0.6) is 0 Å². The standard InChI is InChI=1S/3C3H8NO5P.2Na.2H/c3*5-3(6)1-4-2-10(7,8)9;;;;/h3*4H,1-2H2,(H,5,6)(H2,7,8,9);;;;. The Bertz CT molecular complexity index is 588. The zero-order chi connectivity index (χ0) is 24.6. The van der Waals surface area contributed by atoms with Crippen LogP contribution in [0.15, 0.2) is 0 Å². The fourth-order valence-corrected chi connectivity index (χ4v) is 2.13. The van der Waals surface area contributed by atoms with Crippen molar-refractivity contribution < 1.29 is 72.8 Å². The second kappa shape index (κ2) is 22.2. The Morgan fingerprint density at radius 1 is 0.500 bits per heavy atom. The van der Waals surface area contributed by atoms with Gasteiger partial charge in [-0.25, -0.2) is 0 Å². The van der Waals surface area contributed by atoms with Crippen LogP contribution in [0.1, 0.15) is 0 Å². The number of hydrogen-bond donors (Lipinski definition) is 12. The number of nitrogens with one attached hydrogen (secondary N) is 3. The Morgan fingerprint density at radius 2 is 0.656 bits per heavy atom. The van der Waals surface area contributed by atoms with Crippen molar-refractivity contribution in [3.8, 4) is 0 Å². The molecule has 0 unspecified atom stereocenters. The molecular formula is C9H26N3Na2O15P3. The third-order valence-corrected chi connectivity index (χ3v) is 3.69. The van der Waals surface area contributed by atoms with E-state index in [1.807, 2.05) is 0 Å². The zero-order valence-corrected chi connectivity index (χ0v) is 17.7. The fourth-order valence-electron chi connectivity index (χ4n) is 0.925. The van der Waals surface area contributed by atoms with E-state index < -0.39 is 79.2 Å². The molecule has 0 amide bonds. The number of rotatable bonds is 12. The van der Waals surface area contributed by atoms with E-state index in [0.29, 0.717) is 0 Å². The van der Waals surface area contributed by atoms with Crippen LogP contribution >= 0.6 is 22.8 Å². The number of aliphatic carboxylic acids is 3. The molecule has 0 atom stereocenters. The fraction of sp³-hybridized carbons (Fsp3) is 0.667. The Hall–Kier alpha value is 0.740. The number of carboxylic acid groups (broad SMARTS) is 3. The summed E-state index contributed by atoms with van der Waals surface area (Å²) in [6.07, 6.45) is -1.79. The molecule has 0 bridgehead atoms. The molecule has 0 aromatic carbocycles. The molecule has 12 N–H and O–H groups in total. The molecule has 0 aliphatic carbocycles. The Morgan fingerprint density at radius 3 is 0.750 bits per heavy atom. The van der Waals surface area contributed by atoms with Gasteiger partial charge in [-0.3, -0.25) is 44.0 Å². The molecule has 0 radical (unpaired) electrons. The van der Waals surface area contributed by atoms with Crippen LogP contribution in [0.3, 0.4) is 0 Å². The maximum atomic E-state index is 10.1. The minimum atomic E-state index is -4.10. The van der Waals surface area contributed by atoms with Crippen LogP contribution in [0.4, 0.5) is 0 Å². The molecule has 0 fully saturated rings. The molecule has 0 heterocycles.